The van der Waals surface area contributed by atoms with Crippen molar-refractivity contribution in [1.82, 2.24) is 30.1 Å². The van der Waals surface area contributed by atoms with Gasteiger partial charge in [-0.2, -0.15) is 0 Å². The highest BCUT2D eigenvalue weighted by Crippen LogP contribution is 2.34. The van der Waals surface area contributed by atoms with Crippen LogP contribution in [-0.4, -0.2) is 61.2 Å². The highest BCUT2D eigenvalue weighted by atomic mass is 16.6. The van der Waals surface area contributed by atoms with Crippen molar-refractivity contribution in [2.24, 2.45) is 0 Å². The van der Waals surface area contributed by atoms with E-state index in [2.05, 4.69) is 43.3 Å². The minimum atomic E-state index is -0.398. The van der Waals surface area contributed by atoms with E-state index in [1.54, 1.807) is 24.3 Å². The first kappa shape index (κ1) is 26.1. The molecule has 2 aromatic heterocycles. The van der Waals surface area contributed by atoms with Crippen LogP contribution in [0.5, 0.6) is 0 Å². The van der Waals surface area contributed by atoms with Gasteiger partial charge in [-0.1, -0.05) is 19.3 Å². The van der Waals surface area contributed by atoms with Gasteiger partial charge in [-0.3, -0.25) is 19.8 Å². The molecular formula is C29H34N8O3. The van der Waals surface area contributed by atoms with E-state index in [1.165, 1.54) is 12.0 Å². The molecule has 1 saturated heterocycles. The van der Waals surface area contributed by atoms with Gasteiger partial charge in [0.05, 0.1) is 11.0 Å². The van der Waals surface area contributed by atoms with Gasteiger partial charge in [0.1, 0.15) is 6.04 Å². The lowest BCUT2D eigenvalue weighted by atomic mass is 9.95. The number of aryl methyl sites for hydroxylation is 2. The SMILES string of the molecule is Cc1cc2cc(C(c3nnnn3C3CCCCC3)N3CCN(c4ccc([N+](=O)[O-])cc4)CC3)c(=O)[nH]c2cc1C. The molecule has 1 aliphatic carbocycles. The van der Waals surface area contributed by atoms with Crippen molar-refractivity contribution in [2.75, 3.05) is 31.1 Å². The van der Waals surface area contributed by atoms with Crippen LogP contribution in [0.15, 0.2) is 47.3 Å². The second-order valence-corrected chi connectivity index (χ2v) is 11.1. The van der Waals surface area contributed by atoms with E-state index >= 15 is 0 Å². The summed E-state index contributed by atoms with van der Waals surface area (Å²) in [4.78, 5) is 32.0. The number of H-pyrrole nitrogens is 1. The van der Waals surface area contributed by atoms with Crippen LogP contribution in [0.2, 0.25) is 0 Å². The van der Waals surface area contributed by atoms with Crippen LogP contribution in [0.3, 0.4) is 0 Å². The molecule has 208 valence electrons. The Hall–Kier alpha value is -4.12. The number of nitro benzene ring substituents is 1. The van der Waals surface area contributed by atoms with Crippen LogP contribution in [0.4, 0.5) is 11.4 Å². The van der Waals surface area contributed by atoms with Crippen LogP contribution in [-0.2, 0) is 0 Å². The molecule has 2 fully saturated rings. The minimum absolute atomic E-state index is 0.0814. The van der Waals surface area contributed by atoms with Crippen molar-refractivity contribution < 1.29 is 4.92 Å². The molecule has 0 radical (unpaired) electrons. The lowest BCUT2D eigenvalue weighted by Crippen LogP contribution is -2.49. The third-order valence-corrected chi connectivity index (χ3v) is 8.57. The van der Waals surface area contributed by atoms with Crippen molar-refractivity contribution in [1.29, 1.82) is 0 Å². The number of pyridine rings is 1. The molecule has 1 aliphatic heterocycles. The number of hydrogen-bond acceptors (Lipinski definition) is 8. The number of anilines is 1. The van der Waals surface area contributed by atoms with E-state index in [1.807, 2.05) is 23.7 Å². The number of tetrazole rings is 1. The molecule has 0 bridgehead atoms. The zero-order valence-electron chi connectivity index (χ0n) is 22.9. The molecule has 11 nitrogen and oxygen atoms in total. The average Bonchev–Trinajstić information content (AvgIpc) is 3.45. The minimum Gasteiger partial charge on any atom is -0.369 e. The summed E-state index contributed by atoms with van der Waals surface area (Å²) in [6.07, 6.45) is 5.59. The molecule has 1 saturated carbocycles. The Labute approximate surface area is 231 Å². The van der Waals surface area contributed by atoms with E-state index in [9.17, 15) is 14.9 Å². The fourth-order valence-electron chi connectivity index (χ4n) is 6.19. The fourth-order valence-corrected chi connectivity index (χ4v) is 6.19. The van der Waals surface area contributed by atoms with Crippen molar-refractivity contribution in [3.05, 3.63) is 85.4 Å². The molecular weight excluding hydrogens is 508 g/mol. The summed E-state index contributed by atoms with van der Waals surface area (Å²) in [7, 11) is 0. The molecule has 40 heavy (non-hydrogen) atoms. The smallest absolute Gasteiger partial charge is 0.269 e. The summed E-state index contributed by atoms with van der Waals surface area (Å²) in [5.74, 6) is 0.712. The number of hydrogen-bond donors (Lipinski definition) is 1. The van der Waals surface area contributed by atoms with Gasteiger partial charge in [-0.25, -0.2) is 4.68 Å². The molecule has 6 rings (SSSR count). The maximum atomic E-state index is 13.6. The van der Waals surface area contributed by atoms with Crippen LogP contribution in [0, 0.1) is 24.0 Å². The Morgan fingerprint density at radius 2 is 1.68 bits per heavy atom. The highest BCUT2D eigenvalue weighted by Gasteiger charge is 2.34. The van der Waals surface area contributed by atoms with Crippen molar-refractivity contribution in [3.63, 3.8) is 0 Å². The lowest BCUT2D eigenvalue weighted by Gasteiger charge is -2.40. The van der Waals surface area contributed by atoms with E-state index in [4.69, 9.17) is 0 Å². The number of aromatic amines is 1. The number of benzene rings is 2. The molecule has 1 N–H and O–H groups in total. The van der Waals surface area contributed by atoms with Gasteiger partial charge in [0.15, 0.2) is 5.82 Å². The van der Waals surface area contributed by atoms with Gasteiger partial charge in [-0.15, -0.1) is 5.10 Å². The summed E-state index contributed by atoms with van der Waals surface area (Å²) in [6, 6.07) is 12.7. The quantitative estimate of drug-likeness (QED) is 0.280. The number of aromatic nitrogens is 5. The summed E-state index contributed by atoms with van der Waals surface area (Å²) in [5.41, 5.74) is 4.68. The molecule has 3 heterocycles. The third-order valence-electron chi connectivity index (χ3n) is 8.57. The summed E-state index contributed by atoms with van der Waals surface area (Å²) in [6.45, 7) is 6.92. The van der Waals surface area contributed by atoms with Crippen LogP contribution in [0.1, 0.15) is 66.7 Å². The Kier molecular flexibility index (Phi) is 7.05. The van der Waals surface area contributed by atoms with Crippen LogP contribution in [0.25, 0.3) is 10.9 Å². The number of rotatable bonds is 6. The van der Waals surface area contributed by atoms with E-state index < -0.39 is 6.04 Å². The maximum Gasteiger partial charge on any atom is 0.269 e. The Morgan fingerprint density at radius 1 is 0.975 bits per heavy atom. The van der Waals surface area contributed by atoms with Gasteiger partial charge in [-0.05, 0) is 84.0 Å². The summed E-state index contributed by atoms with van der Waals surface area (Å²) in [5, 5.41) is 25.1. The fraction of sp³-hybridized carbons (Fsp3) is 0.448. The number of nitro groups is 1. The predicted molar refractivity (Wildman–Crippen MR) is 153 cm³/mol. The van der Waals surface area contributed by atoms with Gasteiger partial charge < -0.3 is 9.88 Å². The molecule has 1 unspecified atom stereocenters. The normalized spacial score (nSPS) is 17.8. The van der Waals surface area contributed by atoms with Crippen molar-refractivity contribution >= 4 is 22.3 Å². The monoisotopic (exact) mass is 542 g/mol. The van der Waals surface area contributed by atoms with E-state index in [-0.39, 0.29) is 22.2 Å². The van der Waals surface area contributed by atoms with Gasteiger partial charge in [0.2, 0.25) is 0 Å². The first-order chi connectivity index (χ1) is 19.4. The standard InChI is InChI=1S/C29H34N8O3/c1-19-16-21-18-25(29(38)30-26(21)17-20(19)2)27(28-31-32-33-36(28)23-6-4-3-5-7-23)35-14-12-34(13-15-35)22-8-10-24(11-9-22)37(39)40/h8-11,16-18,23,27H,3-7,12-15H2,1-2H3,(H,30,38). The highest BCUT2D eigenvalue weighted by molar-refractivity contribution is 5.81. The van der Waals surface area contributed by atoms with Gasteiger partial charge in [0, 0.05) is 55.1 Å². The zero-order valence-corrected chi connectivity index (χ0v) is 22.9. The van der Waals surface area contributed by atoms with Crippen molar-refractivity contribution in [2.45, 2.75) is 58.0 Å². The molecule has 2 aromatic carbocycles. The zero-order chi connectivity index (χ0) is 27.8. The number of nitrogens with one attached hydrogen (secondary N) is 1. The summed E-state index contributed by atoms with van der Waals surface area (Å²) >= 11 is 0. The summed E-state index contributed by atoms with van der Waals surface area (Å²) < 4.78 is 1.97. The largest absolute Gasteiger partial charge is 0.369 e. The molecule has 0 spiro atoms. The third kappa shape index (κ3) is 4.97. The number of nitrogens with zero attached hydrogens (tertiary/aromatic N) is 7. The number of non-ortho nitro benzene ring substituents is 1. The number of piperazine rings is 1. The molecule has 0 amide bonds. The molecule has 2 aliphatic rings. The number of fused-ring (bicyclic) bond motifs is 1. The second kappa shape index (κ2) is 10.8. The van der Waals surface area contributed by atoms with Gasteiger partial charge >= 0.3 is 0 Å². The van der Waals surface area contributed by atoms with Crippen LogP contribution < -0.4 is 10.5 Å². The van der Waals surface area contributed by atoms with Gasteiger partial charge in [0.25, 0.3) is 11.2 Å². The van der Waals surface area contributed by atoms with Crippen molar-refractivity contribution in [3.8, 4) is 0 Å². The Balaban J connectivity index is 1.36. The molecule has 1 atom stereocenters. The maximum absolute atomic E-state index is 13.6. The second-order valence-electron chi connectivity index (χ2n) is 11.1. The molecule has 4 aromatic rings. The predicted octanol–water partition coefficient (Wildman–Crippen LogP) is 4.46. The Morgan fingerprint density at radius 3 is 2.38 bits per heavy atom. The van der Waals surface area contributed by atoms with E-state index in [0.29, 0.717) is 37.6 Å². The topological polar surface area (TPSA) is 126 Å². The van der Waals surface area contributed by atoms with Crippen LogP contribution >= 0.6 is 0 Å². The van der Waals surface area contributed by atoms with E-state index in [0.717, 1.165) is 47.8 Å². The lowest BCUT2D eigenvalue weighted by molar-refractivity contribution is -0.384. The first-order valence-electron chi connectivity index (χ1n) is 14.0. The average molecular weight is 543 g/mol. The first-order valence-corrected chi connectivity index (χ1v) is 14.0. The Bertz CT molecular complexity index is 1580. The molecule has 11 heteroatoms.